The number of para-hydroxylation sites is 2. The molecule has 0 radical (unpaired) electrons. The molecule has 0 spiro atoms. The molecule has 0 N–H and O–H groups in total. The van der Waals surface area contributed by atoms with Crippen LogP contribution >= 0.6 is 0 Å². The van der Waals surface area contributed by atoms with Crippen molar-refractivity contribution in [1.82, 2.24) is 0 Å². The Labute approximate surface area is 370 Å². The summed E-state index contributed by atoms with van der Waals surface area (Å²) in [5, 5.41) is 4.53. The zero-order valence-corrected chi connectivity index (χ0v) is 34.8. The van der Waals surface area contributed by atoms with Gasteiger partial charge in [-0.05, 0) is 122 Å². The molecule has 12 aromatic rings. The van der Waals surface area contributed by atoms with E-state index in [0.717, 1.165) is 83.2 Å². The second-order valence-corrected chi connectivity index (χ2v) is 16.8. The summed E-state index contributed by atoms with van der Waals surface area (Å²) in [6, 6.07) is 85.3. The molecule has 3 nitrogen and oxygen atoms in total. The predicted octanol–water partition coefficient (Wildman–Crippen LogP) is 16.7. The first-order chi connectivity index (χ1) is 31.7. The van der Waals surface area contributed by atoms with Crippen LogP contribution < -0.4 is 4.90 Å². The van der Waals surface area contributed by atoms with Gasteiger partial charge in [-0.3, -0.25) is 0 Å². The Hall–Kier alpha value is -8.40. The van der Waals surface area contributed by atoms with Crippen LogP contribution in [0.1, 0.15) is 22.3 Å². The van der Waals surface area contributed by atoms with Gasteiger partial charge in [-0.15, -0.1) is 0 Å². The summed E-state index contributed by atoms with van der Waals surface area (Å²) < 4.78 is 12.6. The molecular formula is C61H39NO2. The summed E-state index contributed by atoms with van der Waals surface area (Å²) in [5.41, 5.74) is 18.4. The summed E-state index contributed by atoms with van der Waals surface area (Å²) in [4.78, 5) is 2.39. The first kappa shape index (κ1) is 36.3. The number of benzene rings is 10. The molecule has 0 saturated carbocycles. The van der Waals surface area contributed by atoms with Crippen molar-refractivity contribution in [1.29, 1.82) is 0 Å². The average Bonchev–Trinajstić information content (AvgIpc) is 4.03. The van der Waals surface area contributed by atoms with Crippen molar-refractivity contribution >= 4 is 60.9 Å². The van der Waals surface area contributed by atoms with Gasteiger partial charge in [0.15, 0.2) is 0 Å². The van der Waals surface area contributed by atoms with Crippen molar-refractivity contribution in [3.63, 3.8) is 0 Å². The van der Waals surface area contributed by atoms with Crippen LogP contribution in [-0.2, 0) is 5.41 Å². The van der Waals surface area contributed by atoms with Gasteiger partial charge in [0.2, 0.25) is 0 Å². The van der Waals surface area contributed by atoms with Gasteiger partial charge in [0, 0.05) is 38.6 Å². The minimum atomic E-state index is -0.472. The van der Waals surface area contributed by atoms with Gasteiger partial charge >= 0.3 is 0 Å². The maximum atomic E-state index is 6.29. The van der Waals surface area contributed by atoms with E-state index < -0.39 is 5.41 Å². The number of hydrogen-bond acceptors (Lipinski definition) is 3. The quantitative estimate of drug-likeness (QED) is 0.160. The molecule has 2 heterocycles. The summed E-state index contributed by atoms with van der Waals surface area (Å²) in [6.07, 6.45) is 0. The molecule has 3 heteroatoms. The van der Waals surface area contributed by atoms with Crippen LogP contribution in [0.15, 0.2) is 245 Å². The van der Waals surface area contributed by atoms with Crippen molar-refractivity contribution in [3.8, 4) is 33.4 Å². The van der Waals surface area contributed by atoms with Gasteiger partial charge in [0.05, 0.1) is 5.41 Å². The van der Waals surface area contributed by atoms with Crippen LogP contribution in [0.2, 0.25) is 0 Å². The number of fused-ring (bicyclic) bond motifs is 9. The third-order valence-corrected chi connectivity index (χ3v) is 13.4. The molecule has 1 aliphatic rings. The molecule has 300 valence electrons. The monoisotopic (exact) mass is 817 g/mol. The Kier molecular flexibility index (Phi) is 8.13. The lowest BCUT2D eigenvalue weighted by molar-refractivity contribution is 0.668. The van der Waals surface area contributed by atoms with E-state index in [1.165, 1.54) is 33.4 Å². The molecule has 0 aliphatic heterocycles. The highest BCUT2D eigenvalue weighted by Crippen LogP contribution is 2.57. The van der Waals surface area contributed by atoms with E-state index >= 15 is 0 Å². The van der Waals surface area contributed by atoms with E-state index in [1.54, 1.807) is 0 Å². The molecular weight excluding hydrogens is 779 g/mol. The maximum Gasteiger partial charge on any atom is 0.136 e. The smallest absolute Gasteiger partial charge is 0.136 e. The first-order valence-electron chi connectivity index (χ1n) is 21.9. The molecule has 2 aromatic heterocycles. The molecule has 0 amide bonds. The van der Waals surface area contributed by atoms with Gasteiger partial charge in [-0.25, -0.2) is 0 Å². The van der Waals surface area contributed by atoms with Crippen LogP contribution in [-0.4, -0.2) is 0 Å². The second kappa shape index (κ2) is 14.3. The second-order valence-electron chi connectivity index (χ2n) is 16.8. The zero-order chi connectivity index (χ0) is 42.2. The Bertz CT molecular complexity index is 3670. The van der Waals surface area contributed by atoms with E-state index in [-0.39, 0.29) is 0 Å². The molecule has 0 atom stereocenters. The Balaban J connectivity index is 0.969. The maximum absolute atomic E-state index is 6.29. The minimum absolute atomic E-state index is 0.472. The highest BCUT2D eigenvalue weighted by molar-refractivity contribution is 6.12. The summed E-state index contributed by atoms with van der Waals surface area (Å²) in [7, 11) is 0. The molecule has 10 aromatic carbocycles. The lowest BCUT2D eigenvalue weighted by Gasteiger charge is -2.34. The van der Waals surface area contributed by atoms with Gasteiger partial charge in [0.1, 0.15) is 22.3 Å². The minimum Gasteiger partial charge on any atom is -0.456 e. The van der Waals surface area contributed by atoms with E-state index in [2.05, 4.69) is 217 Å². The molecule has 0 fully saturated rings. The highest BCUT2D eigenvalue weighted by Gasteiger charge is 2.46. The molecule has 64 heavy (non-hydrogen) atoms. The lowest BCUT2D eigenvalue weighted by atomic mass is 9.68. The molecule has 0 saturated heterocycles. The average molecular weight is 818 g/mol. The Morgan fingerprint density at radius 3 is 1.55 bits per heavy atom. The van der Waals surface area contributed by atoms with E-state index in [4.69, 9.17) is 8.83 Å². The molecule has 0 bridgehead atoms. The largest absolute Gasteiger partial charge is 0.456 e. The number of furan rings is 2. The van der Waals surface area contributed by atoms with Crippen LogP contribution in [0.5, 0.6) is 0 Å². The van der Waals surface area contributed by atoms with Crippen molar-refractivity contribution in [2.75, 3.05) is 4.90 Å². The summed E-state index contributed by atoms with van der Waals surface area (Å²) >= 11 is 0. The summed E-state index contributed by atoms with van der Waals surface area (Å²) in [5.74, 6) is 0. The first-order valence-corrected chi connectivity index (χ1v) is 21.9. The van der Waals surface area contributed by atoms with Crippen LogP contribution in [0, 0.1) is 0 Å². The van der Waals surface area contributed by atoms with Gasteiger partial charge in [-0.2, -0.15) is 0 Å². The van der Waals surface area contributed by atoms with Crippen molar-refractivity contribution in [3.05, 3.63) is 259 Å². The third-order valence-electron chi connectivity index (χ3n) is 13.4. The topological polar surface area (TPSA) is 29.5 Å². The fourth-order valence-corrected chi connectivity index (χ4v) is 10.5. The van der Waals surface area contributed by atoms with E-state index in [1.807, 2.05) is 24.3 Å². The van der Waals surface area contributed by atoms with E-state index in [0.29, 0.717) is 0 Å². The fourth-order valence-electron chi connectivity index (χ4n) is 10.5. The zero-order valence-electron chi connectivity index (χ0n) is 34.8. The van der Waals surface area contributed by atoms with E-state index in [9.17, 15) is 0 Å². The molecule has 1 aliphatic carbocycles. The van der Waals surface area contributed by atoms with Crippen molar-refractivity contribution < 1.29 is 8.83 Å². The summed E-state index contributed by atoms with van der Waals surface area (Å²) in [6.45, 7) is 0. The predicted molar refractivity (Wildman–Crippen MR) is 264 cm³/mol. The number of anilines is 3. The Morgan fingerprint density at radius 1 is 0.297 bits per heavy atom. The lowest BCUT2D eigenvalue weighted by Crippen LogP contribution is -2.28. The SMILES string of the molecule is c1ccc(C2(c3ccccc3)c3ccccc3-c3cc(N(c4ccc(-c5ccc6c(c5)oc5ccccc56)cc4)c4ccc(-c5cccc6oc7ccccc7c56)cc4)ccc32)cc1. The fraction of sp³-hybridized carbons (Fsp3) is 0.0164. The van der Waals surface area contributed by atoms with Crippen molar-refractivity contribution in [2.24, 2.45) is 0 Å². The van der Waals surface area contributed by atoms with Crippen LogP contribution in [0.3, 0.4) is 0 Å². The van der Waals surface area contributed by atoms with Crippen LogP contribution in [0.25, 0.3) is 77.3 Å². The third kappa shape index (κ3) is 5.47. The number of rotatable bonds is 7. The van der Waals surface area contributed by atoms with Crippen molar-refractivity contribution in [2.45, 2.75) is 5.41 Å². The van der Waals surface area contributed by atoms with Crippen LogP contribution in [0.4, 0.5) is 17.1 Å². The normalized spacial score (nSPS) is 12.8. The van der Waals surface area contributed by atoms with Gasteiger partial charge < -0.3 is 13.7 Å². The van der Waals surface area contributed by atoms with Gasteiger partial charge in [-0.1, -0.05) is 170 Å². The Morgan fingerprint density at radius 2 is 0.812 bits per heavy atom. The van der Waals surface area contributed by atoms with Gasteiger partial charge in [0.25, 0.3) is 0 Å². The molecule has 13 rings (SSSR count). The highest BCUT2D eigenvalue weighted by atomic mass is 16.3. The number of nitrogens with zero attached hydrogens (tertiary/aromatic N) is 1. The molecule has 0 unspecified atom stereocenters. The standard InChI is InChI=1S/C61H39NO2/c1-3-14-43(15-4-1)61(44-16-5-2-6-17-44)54-22-10-7-18-49(54)53-39-47(35-37-55(53)61)62(45-31-26-40(27-32-45)42-30-36-51-50-19-8-11-23-56(50)64-59(51)38-42)46-33-28-41(29-34-46)48-21-13-25-58-60(48)52-20-9-12-24-57(52)63-58/h1-39H. The number of hydrogen-bond donors (Lipinski definition) is 0.